The second-order valence-corrected chi connectivity index (χ2v) is 5.50. The molecule has 0 N–H and O–H groups in total. The minimum absolute atomic E-state index is 0.0594. The van der Waals surface area contributed by atoms with Crippen molar-refractivity contribution in [1.29, 1.82) is 0 Å². The Balaban J connectivity index is 1.77. The average Bonchev–Trinajstić information content (AvgIpc) is 2.81. The van der Waals surface area contributed by atoms with Crippen molar-refractivity contribution in [3.8, 4) is 0 Å². The smallest absolute Gasteiger partial charge is 0.337 e. The van der Waals surface area contributed by atoms with Gasteiger partial charge in [-0.25, -0.2) is 4.79 Å². The fourth-order valence-electron chi connectivity index (χ4n) is 3.26. The summed E-state index contributed by atoms with van der Waals surface area (Å²) in [6.07, 6.45) is 1.30. The molecule has 3 fully saturated rings. The highest BCUT2D eigenvalue weighted by Crippen LogP contribution is 2.55. The van der Waals surface area contributed by atoms with Crippen molar-refractivity contribution < 1.29 is 19.1 Å². The Morgan fingerprint density at radius 1 is 1.50 bits per heavy atom. The van der Waals surface area contributed by atoms with Crippen molar-refractivity contribution >= 4 is 21.2 Å². The van der Waals surface area contributed by atoms with Crippen LogP contribution in [0.25, 0.3) is 0 Å². The minimum Gasteiger partial charge on any atom is -0.458 e. The molecule has 2 bridgehead atoms. The summed E-state index contributed by atoms with van der Waals surface area (Å²) in [5, 5.41) is 0.309. The van der Waals surface area contributed by atoms with Gasteiger partial charge in [0.2, 0.25) is 0 Å². The molecule has 6 atom stereocenters. The molecule has 2 aliphatic carbocycles. The first-order valence-corrected chi connectivity index (χ1v) is 6.01. The second-order valence-electron chi connectivity index (χ2n) is 4.80. The predicted molar refractivity (Wildman–Crippen MR) is 58.3 cm³/mol. The summed E-state index contributed by atoms with van der Waals surface area (Å²) < 4.78 is 10.6. The van der Waals surface area contributed by atoms with Gasteiger partial charge in [-0.1, -0.05) is 15.8 Å². The molecular formula is C11H13O4P. The number of carbonyl (C=O) groups excluding carboxylic acids is 2. The van der Waals surface area contributed by atoms with Crippen LogP contribution in [0.15, 0.2) is 11.9 Å². The van der Waals surface area contributed by atoms with Crippen molar-refractivity contribution in [2.45, 2.75) is 25.0 Å². The van der Waals surface area contributed by atoms with Crippen molar-refractivity contribution in [3.05, 3.63) is 11.9 Å². The molecule has 3 rings (SSSR count). The van der Waals surface area contributed by atoms with Crippen molar-refractivity contribution in [3.63, 3.8) is 0 Å². The molecule has 0 aromatic rings. The van der Waals surface area contributed by atoms with E-state index < -0.39 is 5.97 Å². The lowest BCUT2D eigenvalue weighted by atomic mass is 9.88. The topological polar surface area (TPSA) is 52.6 Å². The third-order valence-electron chi connectivity index (χ3n) is 3.92. The van der Waals surface area contributed by atoms with Gasteiger partial charge in [0.25, 0.3) is 0 Å². The number of fused-ring (bicyclic) bond motifs is 1. The van der Waals surface area contributed by atoms with Crippen molar-refractivity contribution in [1.82, 2.24) is 0 Å². The summed E-state index contributed by atoms with van der Waals surface area (Å²) in [6, 6.07) is 0. The molecule has 0 radical (unpaired) electrons. The molecule has 0 spiro atoms. The van der Waals surface area contributed by atoms with Crippen molar-refractivity contribution in [2.75, 3.05) is 0 Å². The van der Waals surface area contributed by atoms with Crippen LogP contribution in [0.5, 0.6) is 0 Å². The highest BCUT2D eigenvalue weighted by atomic mass is 31.0. The Morgan fingerprint density at radius 2 is 2.25 bits per heavy atom. The summed E-state index contributed by atoms with van der Waals surface area (Å²) in [7, 11) is 2.23. The van der Waals surface area contributed by atoms with Crippen LogP contribution in [0, 0.1) is 17.8 Å². The zero-order chi connectivity index (χ0) is 11.4. The van der Waals surface area contributed by atoms with E-state index in [1.807, 2.05) is 0 Å². The summed E-state index contributed by atoms with van der Waals surface area (Å²) in [5.41, 5.74) is 0. The number of rotatable bonds is 2. The third kappa shape index (κ3) is 1.26. The normalized spacial score (nSPS) is 43.3. The summed E-state index contributed by atoms with van der Waals surface area (Å²) in [6.45, 7) is 3.52. The summed E-state index contributed by atoms with van der Waals surface area (Å²) in [5.74, 6) is 0.0970. The van der Waals surface area contributed by atoms with Gasteiger partial charge < -0.3 is 9.47 Å². The molecule has 1 saturated heterocycles. The van der Waals surface area contributed by atoms with E-state index in [4.69, 9.17) is 9.47 Å². The summed E-state index contributed by atoms with van der Waals surface area (Å²) in [4.78, 5) is 22.9. The maximum Gasteiger partial charge on any atom is 0.337 e. The van der Waals surface area contributed by atoms with Crippen LogP contribution in [0.4, 0.5) is 0 Å². The van der Waals surface area contributed by atoms with E-state index >= 15 is 0 Å². The van der Waals surface area contributed by atoms with E-state index in [-0.39, 0.29) is 30.0 Å². The Hall–Kier alpha value is -0.890. The Labute approximate surface area is 95.6 Å². The summed E-state index contributed by atoms with van der Waals surface area (Å²) >= 11 is 0. The molecule has 0 aromatic heterocycles. The van der Waals surface area contributed by atoms with Gasteiger partial charge in [0.1, 0.15) is 12.2 Å². The SMILES string of the molecule is C=C(P)C(=O)OC1C2CC3C(=O)OC1C3C2. The van der Waals surface area contributed by atoms with E-state index in [9.17, 15) is 9.59 Å². The number of hydrogen-bond acceptors (Lipinski definition) is 4. The molecule has 3 aliphatic rings. The fourth-order valence-corrected chi connectivity index (χ4v) is 3.33. The van der Waals surface area contributed by atoms with Crippen LogP contribution in [-0.4, -0.2) is 24.1 Å². The van der Waals surface area contributed by atoms with Gasteiger partial charge in [-0.3, -0.25) is 4.79 Å². The molecule has 86 valence electrons. The monoisotopic (exact) mass is 240 g/mol. The molecular weight excluding hydrogens is 227 g/mol. The van der Waals surface area contributed by atoms with Gasteiger partial charge in [-0.2, -0.15) is 0 Å². The van der Waals surface area contributed by atoms with Gasteiger partial charge >= 0.3 is 11.9 Å². The maximum absolute atomic E-state index is 11.5. The standard InChI is InChI=1S/C11H13O4P/c1-4(16)10(12)14-8-5-2-6-7(3-5)11(13)15-9(6)8/h5-9H,1-3,16H2. The Bertz CT molecular complexity index is 391. The molecule has 6 unspecified atom stereocenters. The van der Waals surface area contributed by atoms with Gasteiger partial charge in [-0.15, -0.1) is 0 Å². The second kappa shape index (κ2) is 3.30. The Kier molecular flexibility index (Phi) is 2.12. The average molecular weight is 240 g/mol. The first kappa shape index (κ1) is 10.3. The molecule has 1 aliphatic heterocycles. The lowest BCUT2D eigenvalue weighted by Crippen LogP contribution is -2.35. The van der Waals surface area contributed by atoms with Crippen LogP contribution in [0.3, 0.4) is 0 Å². The number of hydrogen-bond donors (Lipinski definition) is 0. The highest BCUT2D eigenvalue weighted by Gasteiger charge is 2.63. The van der Waals surface area contributed by atoms with Crippen LogP contribution >= 0.6 is 9.24 Å². The van der Waals surface area contributed by atoms with Crippen LogP contribution in [-0.2, 0) is 19.1 Å². The highest BCUT2D eigenvalue weighted by molar-refractivity contribution is 7.24. The van der Waals surface area contributed by atoms with E-state index in [1.54, 1.807) is 0 Å². The van der Waals surface area contributed by atoms with Gasteiger partial charge in [0.15, 0.2) is 0 Å². The van der Waals surface area contributed by atoms with Crippen molar-refractivity contribution in [2.24, 2.45) is 17.8 Å². The van der Waals surface area contributed by atoms with E-state index in [0.717, 1.165) is 12.8 Å². The van der Waals surface area contributed by atoms with Gasteiger partial charge in [0.05, 0.1) is 5.92 Å². The van der Waals surface area contributed by atoms with Crippen LogP contribution in [0.1, 0.15) is 12.8 Å². The number of carbonyl (C=O) groups is 2. The molecule has 4 nitrogen and oxygen atoms in total. The molecule has 1 heterocycles. The van der Waals surface area contributed by atoms with E-state index in [2.05, 4.69) is 15.8 Å². The third-order valence-corrected chi connectivity index (χ3v) is 4.15. The van der Waals surface area contributed by atoms with E-state index in [0.29, 0.717) is 11.2 Å². The quantitative estimate of drug-likeness (QED) is 0.408. The first-order valence-electron chi connectivity index (χ1n) is 5.44. The zero-order valence-corrected chi connectivity index (χ0v) is 9.87. The van der Waals surface area contributed by atoms with Gasteiger partial charge in [-0.05, 0) is 12.8 Å². The molecule has 2 saturated carbocycles. The van der Waals surface area contributed by atoms with Crippen LogP contribution < -0.4 is 0 Å². The lowest BCUT2D eigenvalue weighted by Gasteiger charge is -2.25. The molecule has 5 heteroatoms. The molecule has 16 heavy (non-hydrogen) atoms. The minimum atomic E-state index is -0.415. The lowest BCUT2D eigenvalue weighted by molar-refractivity contribution is -0.157. The van der Waals surface area contributed by atoms with Crippen LogP contribution in [0.2, 0.25) is 0 Å². The molecule has 0 aromatic carbocycles. The largest absolute Gasteiger partial charge is 0.458 e. The fraction of sp³-hybridized carbons (Fsp3) is 0.636. The number of ether oxygens (including phenoxy) is 2. The predicted octanol–water partition coefficient (Wildman–Crippen LogP) is 0.868. The van der Waals surface area contributed by atoms with E-state index in [1.165, 1.54) is 0 Å². The molecule has 0 amide bonds. The zero-order valence-electron chi connectivity index (χ0n) is 8.72. The first-order chi connectivity index (χ1) is 7.58. The number of esters is 2. The Morgan fingerprint density at radius 3 is 2.94 bits per heavy atom. The maximum atomic E-state index is 11.5. The van der Waals surface area contributed by atoms with Gasteiger partial charge in [0, 0.05) is 17.2 Å².